The fraction of sp³-hybridized carbons (Fsp3) is 0.452. The van der Waals surface area contributed by atoms with E-state index in [1.54, 1.807) is 44.2 Å². The van der Waals surface area contributed by atoms with Crippen LogP contribution in [0, 0.1) is 19.8 Å². The maximum absolute atomic E-state index is 13.4. The molecule has 3 amide bonds. The standard InChI is InChI=1S/C42H55N7O11/c1-24-16-29(17-25(2)36(24)53)39(55)46-21-33(51)37(54)38-35(47-34(52)23-49(44)22-30(43)28-11-4-3-5-12-28)32(50)19-42(60-38,41(57)58)14-7-10-26-8-6-9-27(18-26)20-45-40(56)31-13-15-59-48-31/h6-10,13,15-18,22,28,32-33,35,37-38,50-51,53-54H,3-5,11-12,14,19-21,23,43-44H2,1-2H3,(H,45,56)(H,46,55)(H,47,52)(H,57,58)/b10-7+,30-22-/t32-,33?,35?,37+,38+,42+/m0/s1. The van der Waals surface area contributed by atoms with Gasteiger partial charge in [0.05, 0.1) is 18.2 Å². The zero-order valence-electron chi connectivity index (χ0n) is 33.6. The number of phenolic OH excluding ortho intramolecular Hbond substituents is 1. The molecule has 3 aromatic rings. The molecule has 1 saturated carbocycles. The van der Waals surface area contributed by atoms with Crippen LogP contribution in [0.3, 0.4) is 0 Å². The van der Waals surface area contributed by atoms with E-state index in [0.29, 0.717) is 22.4 Å². The van der Waals surface area contributed by atoms with Crippen molar-refractivity contribution in [3.8, 4) is 5.75 Å². The number of phenols is 1. The summed E-state index contributed by atoms with van der Waals surface area (Å²) in [7, 11) is 0. The van der Waals surface area contributed by atoms with E-state index in [0.717, 1.165) is 42.7 Å². The normalized spacial score (nSPS) is 22.2. The molecule has 1 aromatic heterocycles. The fourth-order valence-electron chi connectivity index (χ4n) is 7.58. The van der Waals surface area contributed by atoms with Gasteiger partial charge in [-0.25, -0.2) is 10.6 Å². The van der Waals surface area contributed by atoms with Gasteiger partial charge in [0.15, 0.2) is 11.3 Å². The van der Waals surface area contributed by atoms with Crippen LogP contribution >= 0.6 is 0 Å². The minimum atomic E-state index is -2.15. The number of hydrogen-bond donors (Lipinski definition) is 10. The van der Waals surface area contributed by atoms with E-state index in [9.17, 15) is 44.7 Å². The van der Waals surface area contributed by atoms with Gasteiger partial charge in [-0.3, -0.25) is 14.4 Å². The Labute approximate surface area is 347 Å². The zero-order valence-corrected chi connectivity index (χ0v) is 33.6. The molecule has 2 aromatic carbocycles. The van der Waals surface area contributed by atoms with E-state index in [2.05, 4.69) is 21.1 Å². The van der Waals surface area contributed by atoms with E-state index in [4.69, 9.17) is 20.8 Å². The number of rotatable bonds is 17. The Bertz CT molecular complexity index is 2010. The van der Waals surface area contributed by atoms with Gasteiger partial charge >= 0.3 is 5.97 Å². The number of carbonyl (C=O) groups is 4. The van der Waals surface area contributed by atoms with Crippen LogP contribution in [-0.2, 0) is 20.9 Å². The van der Waals surface area contributed by atoms with E-state index in [-0.39, 0.29) is 35.9 Å². The molecule has 18 heteroatoms. The second-order valence-corrected chi connectivity index (χ2v) is 15.5. The monoisotopic (exact) mass is 833 g/mol. The van der Waals surface area contributed by atoms with Gasteiger partial charge in [0.2, 0.25) is 5.91 Å². The molecule has 1 saturated heterocycles. The average molecular weight is 834 g/mol. The number of carbonyl (C=O) groups excluding carboxylic acids is 3. The molecule has 324 valence electrons. The Morgan fingerprint density at radius 2 is 1.75 bits per heavy atom. The minimum absolute atomic E-state index is 0.0279. The lowest BCUT2D eigenvalue weighted by Gasteiger charge is -2.47. The van der Waals surface area contributed by atoms with E-state index < -0.39 is 79.3 Å². The molecular formula is C42H55N7O11. The summed E-state index contributed by atoms with van der Waals surface area (Å²) in [6.07, 6.45) is 3.03. The van der Waals surface area contributed by atoms with Gasteiger partial charge in [-0.1, -0.05) is 54.8 Å². The van der Waals surface area contributed by atoms with Crippen LogP contribution < -0.4 is 27.5 Å². The number of hydrogen-bond acceptors (Lipinski definition) is 14. The van der Waals surface area contributed by atoms with Gasteiger partial charge in [-0.05, 0) is 73.1 Å². The van der Waals surface area contributed by atoms with E-state index >= 15 is 0 Å². The van der Waals surface area contributed by atoms with Crippen molar-refractivity contribution in [3.63, 3.8) is 0 Å². The van der Waals surface area contributed by atoms with E-state index in [1.807, 2.05) is 0 Å². The molecule has 6 atom stereocenters. The number of hydrazine groups is 1. The molecule has 2 unspecified atom stereocenters. The van der Waals surface area contributed by atoms with Gasteiger partial charge in [-0.2, -0.15) is 0 Å². The average Bonchev–Trinajstić information content (AvgIpc) is 3.77. The molecule has 1 aliphatic carbocycles. The van der Waals surface area contributed by atoms with Crippen LogP contribution in [0.2, 0.25) is 0 Å². The molecule has 1 aliphatic heterocycles. The second kappa shape index (κ2) is 20.5. The first-order valence-corrected chi connectivity index (χ1v) is 19.8. The van der Waals surface area contributed by atoms with Crippen LogP contribution in [0.5, 0.6) is 5.75 Å². The van der Waals surface area contributed by atoms with Crippen LogP contribution in [0.25, 0.3) is 6.08 Å². The maximum Gasteiger partial charge on any atom is 0.336 e. The Balaban J connectivity index is 1.32. The molecule has 2 aliphatic rings. The first-order valence-electron chi connectivity index (χ1n) is 19.8. The van der Waals surface area contributed by atoms with Crippen LogP contribution in [-0.4, -0.2) is 109 Å². The summed E-state index contributed by atoms with van der Waals surface area (Å²) in [5.74, 6) is 3.03. The summed E-state index contributed by atoms with van der Waals surface area (Å²) in [4.78, 5) is 51.7. The fourth-order valence-corrected chi connectivity index (χ4v) is 7.58. The van der Waals surface area contributed by atoms with Crippen molar-refractivity contribution >= 4 is 29.8 Å². The maximum atomic E-state index is 13.4. The summed E-state index contributed by atoms with van der Waals surface area (Å²) in [5.41, 5.74) is 7.25. The lowest BCUT2D eigenvalue weighted by Crippen LogP contribution is -2.68. The number of carboxylic acid groups (broad SMARTS) is 1. The number of aromatic hydroxyl groups is 1. The lowest BCUT2D eigenvalue weighted by atomic mass is 9.81. The number of amides is 3. The number of aromatic nitrogens is 1. The highest BCUT2D eigenvalue weighted by molar-refractivity contribution is 5.95. The molecule has 60 heavy (non-hydrogen) atoms. The Morgan fingerprint density at radius 3 is 2.42 bits per heavy atom. The van der Waals surface area contributed by atoms with Crippen molar-refractivity contribution in [2.75, 3.05) is 13.1 Å². The van der Waals surface area contributed by atoms with Crippen LogP contribution in [0.1, 0.15) is 88.0 Å². The van der Waals surface area contributed by atoms with Gasteiger partial charge < -0.3 is 61.5 Å². The van der Waals surface area contributed by atoms with Gasteiger partial charge in [0.25, 0.3) is 11.8 Å². The van der Waals surface area contributed by atoms with Gasteiger partial charge in [-0.15, -0.1) is 0 Å². The second-order valence-electron chi connectivity index (χ2n) is 15.5. The molecule has 12 N–H and O–H groups in total. The number of nitrogens with zero attached hydrogens (tertiary/aromatic N) is 2. The van der Waals surface area contributed by atoms with Crippen molar-refractivity contribution < 1.29 is 54.0 Å². The smallest absolute Gasteiger partial charge is 0.336 e. The number of allylic oxidation sites excluding steroid dienone is 1. The Hall–Kier alpha value is -5.79. The molecule has 2 heterocycles. The van der Waals surface area contributed by atoms with Gasteiger partial charge in [0.1, 0.15) is 30.8 Å². The SMILES string of the molecule is Cc1cc(C(=O)NCC(O)[C@@H](O)[C@@H]2O[C@@](C/C=C/c3cccc(CNC(=O)c4ccon4)c3)(C(=O)O)C[C@H](O)C2NC(=O)CN(N)/C=C(\N)C2CCCCC2)cc(C)c1O. The predicted molar refractivity (Wildman–Crippen MR) is 217 cm³/mol. The number of nitrogens with two attached hydrogens (primary N) is 2. The highest BCUT2D eigenvalue weighted by atomic mass is 16.6. The quantitative estimate of drug-likeness (QED) is 0.0681. The highest BCUT2D eigenvalue weighted by Gasteiger charge is 2.54. The summed E-state index contributed by atoms with van der Waals surface area (Å²) < 4.78 is 10.8. The van der Waals surface area contributed by atoms with E-state index in [1.165, 1.54) is 36.7 Å². The van der Waals surface area contributed by atoms with Crippen molar-refractivity contribution in [1.29, 1.82) is 0 Å². The Kier molecular flexibility index (Phi) is 15.4. The molecular weight excluding hydrogens is 778 g/mol. The minimum Gasteiger partial charge on any atom is -0.507 e. The summed E-state index contributed by atoms with van der Waals surface area (Å²) in [5, 5.41) is 67.5. The number of aliphatic hydroxyl groups is 3. The number of ether oxygens (including phenoxy) is 1. The topological polar surface area (TPSA) is 296 Å². The highest BCUT2D eigenvalue weighted by Crippen LogP contribution is 2.36. The number of carboxylic acids is 1. The summed E-state index contributed by atoms with van der Waals surface area (Å²) >= 11 is 0. The van der Waals surface area contributed by atoms with Crippen LogP contribution in [0.4, 0.5) is 0 Å². The number of aliphatic hydroxyl groups excluding tert-OH is 3. The lowest BCUT2D eigenvalue weighted by molar-refractivity contribution is -0.226. The number of nitrogens with one attached hydrogen (secondary N) is 3. The molecule has 0 bridgehead atoms. The largest absolute Gasteiger partial charge is 0.507 e. The number of aliphatic carboxylic acids is 1. The molecule has 2 fully saturated rings. The van der Waals surface area contributed by atoms with Crippen molar-refractivity contribution in [3.05, 3.63) is 100 Å². The third kappa shape index (κ3) is 11.7. The number of aryl methyl sites for hydroxylation is 2. The summed E-state index contributed by atoms with van der Waals surface area (Å²) in [6, 6.07) is 9.96. The third-order valence-corrected chi connectivity index (χ3v) is 10.9. The van der Waals surface area contributed by atoms with Crippen LogP contribution in [0.15, 0.2) is 71.2 Å². The van der Waals surface area contributed by atoms with Crippen molar-refractivity contribution in [1.82, 2.24) is 26.1 Å². The van der Waals surface area contributed by atoms with Crippen molar-refractivity contribution in [2.24, 2.45) is 17.5 Å². The Morgan fingerprint density at radius 1 is 1.03 bits per heavy atom. The first-order chi connectivity index (χ1) is 28.6. The molecule has 0 spiro atoms. The molecule has 5 rings (SSSR count). The first kappa shape index (κ1) is 45.3. The summed E-state index contributed by atoms with van der Waals surface area (Å²) in [6.45, 7) is 2.45. The molecule has 0 radical (unpaired) electrons. The van der Waals surface area contributed by atoms with Gasteiger partial charge in [0, 0.05) is 49.5 Å². The predicted octanol–water partition coefficient (Wildman–Crippen LogP) is 1.50. The molecule has 18 nitrogen and oxygen atoms in total. The van der Waals surface area contributed by atoms with Crippen molar-refractivity contribution in [2.45, 2.75) is 101 Å². The zero-order chi connectivity index (χ0) is 43.6. The third-order valence-electron chi connectivity index (χ3n) is 10.9. The number of benzene rings is 2.